The lowest BCUT2D eigenvalue weighted by molar-refractivity contribution is 0.306. The maximum absolute atomic E-state index is 12.2. The van der Waals surface area contributed by atoms with Crippen LogP contribution in [0.15, 0.2) is 35.6 Å². The van der Waals surface area contributed by atoms with Crippen LogP contribution in [0.1, 0.15) is 38.7 Å². The van der Waals surface area contributed by atoms with E-state index in [4.69, 9.17) is 4.99 Å². The number of nitrogens with zero attached hydrogens (tertiary/aromatic N) is 4. The molecule has 1 aromatic heterocycles. The predicted molar refractivity (Wildman–Crippen MR) is 134 cm³/mol. The monoisotopic (exact) mass is 561 g/mol. The van der Waals surface area contributed by atoms with Gasteiger partial charge < -0.3 is 10.6 Å². The molecule has 1 saturated heterocycles. The van der Waals surface area contributed by atoms with Gasteiger partial charge in [0.05, 0.1) is 12.3 Å². The number of aromatic amines is 1. The van der Waals surface area contributed by atoms with Gasteiger partial charge in [0.1, 0.15) is 6.33 Å². The number of benzene rings is 1. The quantitative estimate of drug-likeness (QED) is 0.259. The van der Waals surface area contributed by atoms with Crippen LogP contribution in [-0.2, 0) is 16.6 Å². The van der Waals surface area contributed by atoms with Gasteiger partial charge >= 0.3 is 0 Å². The Morgan fingerprint density at radius 3 is 2.71 bits per heavy atom. The van der Waals surface area contributed by atoms with E-state index in [1.54, 1.807) is 4.31 Å². The molecular weight excluding hydrogens is 529 g/mol. The number of piperidine rings is 1. The van der Waals surface area contributed by atoms with Gasteiger partial charge in [0.25, 0.3) is 0 Å². The van der Waals surface area contributed by atoms with Crippen molar-refractivity contribution in [2.24, 2.45) is 4.99 Å². The molecule has 1 fully saturated rings. The molecule has 11 heteroatoms. The SMILES string of the molecule is CCCS(=O)(=O)N1CCC(NC(=NCc2cccc(-c3ncn[nH]3)c2)NCC)CC1.I. The van der Waals surface area contributed by atoms with Crippen molar-refractivity contribution < 1.29 is 8.42 Å². The Morgan fingerprint density at radius 1 is 1.29 bits per heavy atom. The molecule has 0 unspecified atom stereocenters. The Balaban J connectivity index is 0.00000341. The lowest BCUT2D eigenvalue weighted by atomic mass is 10.1. The number of hydrogen-bond acceptors (Lipinski definition) is 5. The maximum Gasteiger partial charge on any atom is 0.214 e. The van der Waals surface area contributed by atoms with Crippen LogP contribution in [0.5, 0.6) is 0 Å². The number of nitrogens with one attached hydrogen (secondary N) is 3. The van der Waals surface area contributed by atoms with Crippen molar-refractivity contribution in [1.82, 2.24) is 30.1 Å². The second kappa shape index (κ2) is 12.3. The van der Waals surface area contributed by atoms with Crippen molar-refractivity contribution >= 4 is 40.0 Å². The molecule has 0 aliphatic carbocycles. The molecule has 3 N–H and O–H groups in total. The fraction of sp³-hybridized carbons (Fsp3) is 0.550. The van der Waals surface area contributed by atoms with Crippen LogP contribution in [0.25, 0.3) is 11.4 Å². The second-order valence-corrected chi connectivity index (χ2v) is 9.45. The van der Waals surface area contributed by atoms with Crippen LogP contribution in [0.4, 0.5) is 0 Å². The molecule has 1 aliphatic heterocycles. The van der Waals surface area contributed by atoms with Crippen LogP contribution in [0.3, 0.4) is 0 Å². The summed E-state index contributed by atoms with van der Waals surface area (Å²) in [5.74, 6) is 1.70. The van der Waals surface area contributed by atoms with Crippen LogP contribution < -0.4 is 10.6 Å². The van der Waals surface area contributed by atoms with Gasteiger partial charge in [-0.25, -0.2) is 22.7 Å². The number of H-pyrrole nitrogens is 1. The van der Waals surface area contributed by atoms with Crippen LogP contribution in [0, 0.1) is 0 Å². The maximum atomic E-state index is 12.2. The predicted octanol–water partition coefficient (Wildman–Crippen LogP) is 2.35. The van der Waals surface area contributed by atoms with Crippen molar-refractivity contribution in [2.75, 3.05) is 25.4 Å². The van der Waals surface area contributed by atoms with Crippen molar-refractivity contribution in [2.45, 2.75) is 45.7 Å². The van der Waals surface area contributed by atoms with E-state index in [1.165, 1.54) is 6.33 Å². The summed E-state index contributed by atoms with van der Waals surface area (Å²) in [6, 6.07) is 8.25. The van der Waals surface area contributed by atoms with E-state index in [0.717, 1.165) is 42.3 Å². The normalized spacial score (nSPS) is 16.0. The van der Waals surface area contributed by atoms with Gasteiger partial charge in [-0.05, 0) is 37.8 Å². The lowest BCUT2D eigenvalue weighted by Gasteiger charge is -2.32. The fourth-order valence-electron chi connectivity index (χ4n) is 3.51. The molecule has 0 bridgehead atoms. The molecule has 9 nitrogen and oxygen atoms in total. The summed E-state index contributed by atoms with van der Waals surface area (Å²) in [4.78, 5) is 8.90. The molecule has 0 spiro atoms. The molecule has 0 amide bonds. The molecule has 0 atom stereocenters. The van der Waals surface area contributed by atoms with Crippen LogP contribution >= 0.6 is 24.0 Å². The smallest absolute Gasteiger partial charge is 0.214 e. The molecule has 1 aromatic carbocycles. The summed E-state index contributed by atoms with van der Waals surface area (Å²) < 4.78 is 26.1. The Morgan fingerprint density at radius 2 is 2.06 bits per heavy atom. The van der Waals surface area contributed by atoms with Crippen molar-refractivity contribution in [3.05, 3.63) is 36.2 Å². The van der Waals surface area contributed by atoms with Gasteiger partial charge in [0.15, 0.2) is 11.8 Å². The summed E-state index contributed by atoms with van der Waals surface area (Å²) in [6.07, 6.45) is 3.68. The third-order valence-corrected chi connectivity index (χ3v) is 7.11. The standard InChI is InChI=1S/C20H31N7O2S.HI/c1-3-12-30(28,29)27-10-8-18(9-11-27)25-20(21-4-2)22-14-16-6-5-7-17(13-16)19-23-15-24-26-19;/h5-7,13,15,18H,3-4,8-12,14H2,1-2H3,(H2,21,22,25)(H,23,24,26);1H. The van der Waals surface area contributed by atoms with Gasteiger partial charge in [-0.15, -0.1) is 24.0 Å². The van der Waals surface area contributed by atoms with Crippen molar-refractivity contribution in [1.29, 1.82) is 0 Å². The van der Waals surface area contributed by atoms with Crippen LogP contribution in [0.2, 0.25) is 0 Å². The Bertz CT molecular complexity index is 927. The highest BCUT2D eigenvalue weighted by atomic mass is 127. The summed E-state index contributed by atoms with van der Waals surface area (Å²) in [6.45, 7) is 6.32. The number of sulfonamides is 1. The summed E-state index contributed by atoms with van der Waals surface area (Å²) in [5.41, 5.74) is 2.04. The van der Waals surface area contributed by atoms with Gasteiger partial charge in [-0.1, -0.05) is 25.1 Å². The molecular formula is C20H32IN7O2S. The molecule has 2 aromatic rings. The van der Waals surface area contributed by atoms with E-state index >= 15 is 0 Å². The van der Waals surface area contributed by atoms with Crippen molar-refractivity contribution in [3.63, 3.8) is 0 Å². The number of aliphatic imine (C=N–C) groups is 1. The number of rotatable bonds is 8. The van der Waals surface area contributed by atoms with E-state index in [1.807, 2.05) is 38.1 Å². The first kappa shape index (κ1) is 25.5. The van der Waals surface area contributed by atoms with Crippen LogP contribution in [-0.4, -0.2) is 65.3 Å². The zero-order valence-corrected chi connectivity index (χ0v) is 21.2. The Labute approximate surface area is 201 Å². The Kier molecular flexibility index (Phi) is 10.2. The topological polar surface area (TPSA) is 115 Å². The van der Waals surface area contributed by atoms with Crippen molar-refractivity contribution in [3.8, 4) is 11.4 Å². The molecule has 0 radical (unpaired) electrons. The van der Waals surface area contributed by atoms with E-state index < -0.39 is 10.0 Å². The minimum atomic E-state index is -3.12. The van der Waals surface area contributed by atoms with E-state index in [-0.39, 0.29) is 35.8 Å². The van der Waals surface area contributed by atoms with E-state index in [0.29, 0.717) is 26.1 Å². The Hall–Kier alpha value is -1.73. The third kappa shape index (κ3) is 7.42. The summed E-state index contributed by atoms with van der Waals surface area (Å²) in [7, 11) is -3.12. The van der Waals surface area contributed by atoms with E-state index in [9.17, 15) is 8.42 Å². The molecule has 3 rings (SSSR count). The lowest BCUT2D eigenvalue weighted by Crippen LogP contribution is -2.50. The average Bonchev–Trinajstić information content (AvgIpc) is 3.28. The average molecular weight is 561 g/mol. The zero-order chi connectivity index (χ0) is 21.4. The van der Waals surface area contributed by atoms with Gasteiger partial charge in [0.2, 0.25) is 10.0 Å². The molecule has 1 aliphatic rings. The zero-order valence-electron chi connectivity index (χ0n) is 18.0. The second-order valence-electron chi connectivity index (χ2n) is 7.36. The highest BCUT2D eigenvalue weighted by Gasteiger charge is 2.27. The number of halogens is 1. The number of aromatic nitrogens is 3. The largest absolute Gasteiger partial charge is 0.357 e. The molecule has 31 heavy (non-hydrogen) atoms. The minimum Gasteiger partial charge on any atom is -0.357 e. The van der Waals surface area contributed by atoms with Gasteiger partial charge in [-0.3, -0.25) is 5.10 Å². The highest BCUT2D eigenvalue weighted by Crippen LogP contribution is 2.17. The van der Waals surface area contributed by atoms with E-state index in [2.05, 4.69) is 25.8 Å². The highest BCUT2D eigenvalue weighted by molar-refractivity contribution is 14.0. The minimum absolute atomic E-state index is 0. The first-order chi connectivity index (χ1) is 14.5. The summed E-state index contributed by atoms with van der Waals surface area (Å²) in [5, 5.41) is 13.5. The summed E-state index contributed by atoms with van der Waals surface area (Å²) >= 11 is 0. The fourth-order valence-corrected chi connectivity index (χ4v) is 5.05. The number of guanidine groups is 1. The molecule has 172 valence electrons. The first-order valence-corrected chi connectivity index (χ1v) is 12.1. The number of hydrogen-bond donors (Lipinski definition) is 3. The van der Waals surface area contributed by atoms with Gasteiger partial charge in [-0.2, -0.15) is 5.10 Å². The van der Waals surface area contributed by atoms with Gasteiger partial charge in [0, 0.05) is 31.2 Å². The molecule has 0 saturated carbocycles. The first-order valence-electron chi connectivity index (χ1n) is 10.5. The third-order valence-electron chi connectivity index (χ3n) is 5.03. The molecule has 2 heterocycles.